The highest BCUT2D eigenvalue weighted by Crippen LogP contribution is 2.41. The van der Waals surface area contributed by atoms with Crippen LogP contribution >= 0.6 is 11.8 Å². The number of carbonyl (C=O) groups excluding carboxylic acids is 5. The maximum atomic E-state index is 13.4. The number of rotatable bonds is 7. The van der Waals surface area contributed by atoms with Gasteiger partial charge in [0.1, 0.15) is 17.2 Å². The van der Waals surface area contributed by atoms with Gasteiger partial charge in [-0.2, -0.15) is 0 Å². The van der Waals surface area contributed by atoms with Crippen LogP contribution in [0.2, 0.25) is 0 Å². The SMILES string of the molecule is COC(=O)/C(=C(\C)OC)N1C(=O)C(N2C(=O)c3ccccc3C2=O)C1SC(=O)Cc1ccccc1. The number of likely N-dealkylation sites (tertiary alicyclic amines) is 1. The summed E-state index contributed by atoms with van der Waals surface area (Å²) in [6.45, 7) is 1.47. The first-order valence-corrected chi connectivity index (χ1v) is 11.5. The fraction of sp³-hybridized carbons (Fsp3) is 0.240. The number of ether oxygens (including phenoxy) is 2. The van der Waals surface area contributed by atoms with Crippen molar-refractivity contribution in [1.82, 2.24) is 9.80 Å². The van der Waals surface area contributed by atoms with Crippen molar-refractivity contribution in [1.29, 1.82) is 0 Å². The molecule has 180 valence electrons. The zero-order valence-corrected chi connectivity index (χ0v) is 20.0. The standard InChI is InChI=1S/C25H22N2O7S/c1-14(33-2)19(25(32)34-3)27-23(31)20(24(27)35-18(28)13-15-9-5-4-6-10-15)26-21(29)16-11-7-8-12-17(16)22(26)30/h4-12,20,24H,13H2,1-3H3/b19-14-. The van der Waals surface area contributed by atoms with E-state index < -0.39 is 35.1 Å². The lowest BCUT2D eigenvalue weighted by Gasteiger charge is -2.48. The summed E-state index contributed by atoms with van der Waals surface area (Å²) in [7, 11) is 2.48. The lowest BCUT2D eigenvalue weighted by molar-refractivity contribution is -0.153. The third-order valence-electron chi connectivity index (χ3n) is 5.82. The summed E-state index contributed by atoms with van der Waals surface area (Å²) in [5.41, 5.74) is 0.925. The minimum absolute atomic E-state index is 0.0550. The number of hydrogen-bond donors (Lipinski definition) is 0. The molecule has 2 unspecified atom stereocenters. The lowest BCUT2D eigenvalue weighted by atomic mass is 10.0. The number of fused-ring (bicyclic) bond motifs is 1. The van der Waals surface area contributed by atoms with Crippen LogP contribution in [0.5, 0.6) is 0 Å². The number of β-lactam (4-membered cyclic amide) rings is 1. The summed E-state index contributed by atoms with van der Waals surface area (Å²) in [5, 5.41) is -1.35. The fourth-order valence-electron chi connectivity index (χ4n) is 4.05. The van der Waals surface area contributed by atoms with E-state index in [9.17, 15) is 24.0 Å². The van der Waals surface area contributed by atoms with E-state index in [0.29, 0.717) is 0 Å². The summed E-state index contributed by atoms with van der Waals surface area (Å²) in [6.07, 6.45) is 0.0550. The van der Waals surface area contributed by atoms with E-state index in [1.807, 2.05) is 6.07 Å². The first-order chi connectivity index (χ1) is 16.8. The number of thioether (sulfide) groups is 1. The highest BCUT2D eigenvalue weighted by molar-refractivity contribution is 8.14. The maximum absolute atomic E-state index is 13.4. The Bertz CT molecular complexity index is 1220. The van der Waals surface area contributed by atoms with Crippen LogP contribution in [0.25, 0.3) is 0 Å². The molecule has 2 aliphatic rings. The van der Waals surface area contributed by atoms with Gasteiger partial charge in [-0.05, 0) is 24.6 Å². The predicted molar refractivity (Wildman–Crippen MR) is 126 cm³/mol. The van der Waals surface area contributed by atoms with Crippen LogP contribution in [0.3, 0.4) is 0 Å². The molecule has 35 heavy (non-hydrogen) atoms. The molecule has 3 amide bonds. The van der Waals surface area contributed by atoms with Crippen molar-refractivity contribution < 1.29 is 33.4 Å². The molecule has 0 N–H and O–H groups in total. The zero-order valence-electron chi connectivity index (χ0n) is 19.2. The molecule has 9 nitrogen and oxygen atoms in total. The Kier molecular flexibility index (Phi) is 6.74. The smallest absolute Gasteiger partial charge is 0.358 e. The molecule has 0 bridgehead atoms. The second kappa shape index (κ2) is 9.75. The van der Waals surface area contributed by atoms with Gasteiger partial charge in [-0.15, -0.1) is 0 Å². The van der Waals surface area contributed by atoms with Crippen LogP contribution in [0, 0.1) is 0 Å². The molecule has 1 fully saturated rings. The van der Waals surface area contributed by atoms with E-state index in [1.54, 1.807) is 36.4 Å². The van der Waals surface area contributed by atoms with Gasteiger partial charge in [-0.25, -0.2) is 4.79 Å². The van der Waals surface area contributed by atoms with Crippen molar-refractivity contribution in [2.75, 3.05) is 14.2 Å². The number of carbonyl (C=O) groups is 5. The lowest BCUT2D eigenvalue weighted by Crippen LogP contribution is -2.70. The van der Waals surface area contributed by atoms with Gasteiger partial charge in [-0.1, -0.05) is 54.2 Å². The van der Waals surface area contributed by atoms with E-state index >= 15 is 0 Å². The van der Waals surface area contributed by atoms with Crippen molar-refractivity contribution in [3.63, 3.8) is 0 Å². The average Bonchev–Trinajstić information content (AvgIpc) is 3.11. The van der Waals surface area contributed by atoms with Crippen LogP contribution in [0.1, 0.15) is 33.2 Å². The Morgan fingerprint density at radius 1 is 0.886 bits per heavy atom. The van der Waals surface area contributed by atoms with E-state index in [2.05, 4.69) is 0 Å². The highest BCUT2D eigenvalue weighted by atomic mass is 32.2. The number of nitrogens with zero attached hydrogens (tertiary/aromatic N) is 2. The van der Waals surface area contributed by atoms with E-state index in [-0.39, 0.29) is 34.1 Å². The Balaban J connectivity index is 1.70. The largest absolute Gasteiger partial charge is 0.499 e. The normalized spacial score (nSPS) is 19.7. The molecule has 0 aromatic heterocycles. The first-order valence-electron chi connectivity index (χ1n) is 10.7. The van der Waals surface area contributed by atoms with Crippen molar-refractivity contribution >= 4 is 40.6 Å². The molecule has 2 aliphatic heterocycles. The molecule has 2 atom stereocenters. The van der Waals surface area contributed by atoms with Crippen molar-refractivity contribution in [2.45, 2.75) is 24.8 Å². The Labute approximate surface area is 205 Å². The predicted octanol–water partition coefficient (Wildman–Crippen LogP) is 2.37. The topological polar surface area (TPSA) is 110 Å². The van der Waals surface area contributed by atoms with Crippen molar-refractivity contribution in [2.24, 2.45) is 0 Å². The fourth-order valence-corrected chi connectivity index (χ4v) is 5.25. The molecule has 0 radical (unpaired) electrons. The van der Waals surface area contributed by atoms with Gasteiger partial charge in [-0.3, -0.25) is 29.0 Å². The number of allylic oxidation sites excluding steroid dienone is 1. The van der Waals surface area contributed by atoms with Gasteiger partial charge in [0.05, 0.1) is 25.3 Å². The maximum Gasteiger partial charge on any atom is 0.358 e. The minimum atomic E-state index is -1.28. The summed E-state index contributed by atoms with van der Waals surface area (Å²) >= 11 is 0.778. The van der Waals surface area contributed by atoms with Gasteiger partial charge in [0.25, 0.3) is 17.7 Å². The third kappa shape index (κ3) is 4.21. The van der Waals surface area contributed by atoms with Crippen LogP contribution in [-0.2, 0) is 30.3 Å². The molecule has 0 aliphatic carbocycles. The molecule has 0 spiro atoms. The van der Waals surface area contributed by atoms with Crippen molar-refractivity contribution in [3.05, 3.63) is 82.7 Å². The van der Waals surface area contributed by atoms with Gasteiger partial charge >= 0.3 is 5.97 Å². The van der Waals surface area contributed by atoms with Gasteiger partial charge in [0.2, 0.25) is 0 Å². The second-order valence-corrected chi connectivity index (χ2v) is 9.00. The summed E-state index contributed by atoms with van der Waals surface area (Å²) < 4.78 is 10.0. The Morgan fingerprint density at radius 3 is 2.00 bits per heavy atom. The number of hydrogen-bond acceptors (Lipinski definition) is 8. The Morgan fingerprint density at radius 2 is 1.46 bits per heavy atom. The van der Waals surface area contributed by atoms with Crippen LogP contribution in [-0.4, -0.2) is 64.2 Å². The molecule has 2 heterocycles. The number of methoxy groups -OCH3 is 2. The second-order valence-electron chi connectivity index (χ2n) is 7.82. The van der Waals surface area contributed by atoms with E-state index in [0.717, 1.165) is 34.2 Å². The zero-order chi connectivity index (χ0) is 25.3. The van der Waals surface area contributed by atoms with Crippen LogP contribution < -0.4 is 0 Å². The minimum Gasteiger partial charge on any atom is -0.499 e. The first kappa shape index (κ1) is 24.2. The van der Waals surface area contributed by atoms with Crippen LogP contribution in [0.4, 0.5) is 0 Å². The number of benzene rings is 2. The van der Waals surface area contributed by atoms with Gasteiger partial charge < -0.3 is 9.47 Å². The molecule has 0 saturated carbocycles. The Hall–Kier alpha value is -3.92. The summed E-state index contributed by atoms with van der Waals surface area (Å²) in [5.74, 6) is -2.71. The van der Waals surface area contributed by atoms with Crippen LogP contribution in [0.15, 0.2) is 66.1 Å². The molecule has 10 heteroatoms. The van der Waals surface area contributed by atoms with Gasteiger partial charge in [0.15, 0.2) is 10.8 Å². The quantitative estimate of drug-likeness (QED) is 0.190. The molecular weight excluding hydrogens is 472 g/mol. The molecule has 2 aromatic rings. The third-order valence-corrected chi connectivity index (χ3v) is 6.94. The van der Waals surface area contributed by atoms with Gasteiger partial charge in [0, 0.05) is 6.42 Å². The molecule has 4 rings (SSSR count). The number of amides is 3. The molecule has 1 saturated heterocycles. The number of imide groups is 1. The molecule has 2 aromatic carbocycles. The summed E-state index contributed by atoms with van der Waals surface area (Å²) in [4.78, 5) is 67.0. The monoisotopic (exact) mass is 494 g/mol. The van der Waals surface area contributed by atoms with E-state index in [4.69, 9.17) is 9.47 Å². The van der Waals surface area contributed by atoms with Crippen molar-refractivity contribution in [3.8, 4) is 0 Å². The average molecular weight is 495 g/mol. The molecular formula is C25H22N2O7S. The number of esters is 1. The summed E-state index contributed by atoms with van der Waals surface area (Å²) in [6, 6.07) is 14.0. The highest BCUT2D eigenvalue weighted by Gasteiger charge is 2.59. The van der Waals surface area contributed by atoms with E-state index in [1.165, 1.54) is 26.2 Å².